The van der Waals surface area contributed by atoms with Gasteiger partial charge in [0.25, 0.3) is 0 Å². The highest BCUT2D eigenvalue weighted by molar-refractivity contribution is 8.93. The Kier molecular flexibility index (Phi) is 4.23. The van der Waals surface area contributed by atoms with Crippen molar-refractivity contribution in [1.29, 1.82) is 0 Å². The van der Waals surface area contributed by atoms with Crippen molar-refractivity contribution in [2.24, 2.45) is 0 Å². The number of nitrogens with zero attached hydrogens (tertiary/aromatic N) is 1. The van der Waals surface area contributed by atoms with Gasteiger partial charge in [-0.15, -0.1) is 17.0 Å². The van der Waals surface area contributed by atoms with Gasteiger partial charge >= 0.3 is 0 Å². The molecule has 1 fully saturated rings. The Labute approximate surface area is 136 Å². The second kappa shape index (κ2) is 5.98. The van der Waals surface area contributed by atoms with E-state index in [9.17, 15) is 0 Å². The molecule has 21 heavy (non-hydrogen) atoms. The van der Waals surface area contributed by atoms with Gasteiger partial charge in [-0.2, -0.15) is 0 Å². The third-order valence-corrected chi connectivity index (χ3v) is 5.00. The third kappa shape index (κ3) is 2.58. The molecule has 0 N–H and O–H groups in total. The summed E-state index contributed by atoms with van der Waals surface area (Å²) in [5.41, 5.74) is 3.11. The van der Waals surface area contributed by atoms with Gasteiger partial charge in [-0.1, -0.05) is 24.6 Å². The SMILES string of the molecule is Br.COc1ccc2c3c(ccc2c1)CC1CCCCN1C3. The second-order valence-electron chi connectivity index (χ2n) is 6.11. The summed E-state index contributed by atoms with van der Waals surface area (Å²) in [7, 11) is 1.73. The predicted molar refractivity (Wildman–Crippen MR) is 92.6 cm³/mol. The van der Waals surface area contributed by atoms with Crippen LogP contribution in [0.1, 0.15) is 30.4 Å². The average Bonchev–Trinajstić information content (AvgIpc) is 2.52. The first-order chi connectivity index (χ1) is 9.85. The summed E-state index contributed by atoms with van der Waals surface area (Å²) < 4.78 is 5.34. The number of rotatable bonds is 1. The van der Waals surface area contributed by atoms with E-state index < -0.39 is 0 Å². The number of halogens is 1. The van der Waals surface area contributed by atoms with Crippen molar-refractivity contribution < 1.29 is 4.74 Å². The maximum absolute atomic E-state index is 5.34. The lowest BCUT2D eigenvalue weighted by atomic mass is 9.86. The zero-order valence-corrected chi connectivity index (χ0v) is 14.2. The van der Waals surface area contributed by atoms with E-state index in [0.29, 0.717) is 0 Å². The number of benzene rings is 2. The topological polar surface area (TPSA) is 12.5 Å². The molecule has 1 atom stereocenters. The van der Waals surface area contributed by atoms with Gasteiger partial charge in [-0.25, -0.2) is 0 Å². The minimum atomic E-state index is 0. The highest BCUT2D eigenvalue weighted by Gasteiger charge is 2.28. The molecule has 2 aromatic rings. The van der Waals surface area contributed by atoms with Crippen molar-refractivity contribution in [3.8, 4) is 5.75 Å². The number of ether oxygens (including phenoxy) is 1. The van der Waals surface area contributed by atoms with Crippen molar-refractivity contribution >= 4 is 27.8 Å². The summed E-state index contributed by atoms with van der Waals surface area (Å²) in [6, 6.07) is 11.9. The standard InChI is InChI=1S/C18H21NO.BrH/c1-20-16-7-8-17-14(11-16)6-5-13-10-15-4-2-3-9-19(15)12-18(13)17;/h5-8,11,15H,2-4,9-10,12H2,1H3;1H. The van der Waals surface area contributed by atoms with Crippen LogP contribution in [0.5, 0.6) is 5.75 Å². The second-order valence-corrected chi connectivity index (χ2v) is 6.11. The van der Waals surface area contributed by atoms with Crippen molar-refractivity contribution in [3.63, 3.8) is 0 Å². The van der Waals surface area contributed by atoms with E-state index in [0.717, 1.165) is 18.3 Å². The lowest BCUT2D eigenvalue weighted by Crippen LogP contribution is -2.43. The normalized spacial score (nSPS) is 21.3. The van der Waals surface area contributed by atoms with Gasteiger partial charge < -0.3 is 4.74 Å². The van der Waals surface area contributed by atoms with E-state index in [1.54, 1.807) is 18.2 Å². The number of methoxy groups -OCH3 is 1. The maximum atomic E-state index is 5.34. The fourth-order valence-electron chi connectivity index (χ4n) is 3.88. The molecule has 1 saturated heterocycles. The molecule has 2 aromatic carbocycles. The minimum absolute atomic E-state index is 0. The van der Waals surface area contributed by atoms with Gasteiger partial charge in [-0.05, 0) is 59.8 Å². The molecule has 0 saturated carbocycles. The Morgan fingerprint density at radius 2 is 2.05 bits per heavy atom. The molecule has 2 heterocycles. The first kappa shape index (κ1) is 14.9. The number of piperidine rings is 1. The molecule has 0 bridgehead atoms. The summed E-state index contributed by atoms with van der Waals surface area (Å²) in [6.07, 6.45) is 5.38. The predicted octanol–water partition coefficient (Wildman–Crippen LogP) is 4.34. The molecule has 1 unspecified atom stereocenters. The molecule has 3 heteroatoms. The fraction of sp³-hybridized carbons (Fsp3) is 0.444. The van der Waals surface area contributed by atoms with E-state index in [4.69, 9.17) is 4.74 Å². The van der Waals surface area contributed by atoms with Crippen molar-refractivity contribution in [2.45, 2.75) is 38.3 Å². The highest BCUT2D eigenvalue weighted by Crippen LogP contribution is 2.34. The van der Waals surface area contributed by atoms with Crippen LogP contribution in [-0.4, -0.2) is 24.6 Å². The lowest BCUT2D eigenvalue weighted by molar-refractivity contribution is 0.128. The van der Waals surface area contributed by atoms with Crippen LogP contribution in [-0.2, 0) is 13.0 Å². The minimum Gasteiger partial charge on any atom is -0.497 e. The summed E-state index contributed by atoms with van der Waals surface area (Å²) in [5.74, 6) is 0.948. The van der Waals surface area contributed by atoms with Crippen molar-refractivity contribution in [2.75, 3.05) is 13.7 Å². The zero-order valence-electron chi connectivity index (χ0n) is 12.5. The molecule has 0 amide bonds. The Morgan fingerprint density at radius 1 is 1.14 bits per heavy atom. The van der Waals surface area contributed by atoms with Crippen LogP contribution in [0, 0.1) is 0 Å². The van der Waals surface area contributed by atoms with Crippen molar-refractivity contribution in [3.05, 3.63) is 41.5 Å². The molecule has 0 radical (unpaired) electrons. The fourth-order valence-corrected chi connectivity index (χ4v) is 3.88. The van der Waals surface area contributed by atoms with E-state index >= 15 is 0 Å². The van der Waals surface area contributed by atoms with Gasteiger partial charge in [0.15, 0.2) is 0 Å². The Morgan fingerprint density at radius 3 is 2.90 bits per heavy atom. The van der Waals surface area contributed by atoms with Gasteiger partial charge in [0.2, 0.25) is 0 Å². The molecule has 0 aliphatic carbocycles. The quantitative estimate of drug-likeness (QED) is 0.760. The Hall–Kier alpha value is -1.06. The monoisotopic (exact) mass is 347 g/mol. The number of fused-ring (bicyclic) bond motifs is 4. The van der Waals surface area contributed by atoms with Crippen LogP contribution < -0.4 is 4.74 Å². The molecule has 2 nitrogen and oxygen atoms in total. The van der Waals surface area contributed by atoms with E-state index in [1.807, 2.05) is 0 Å². The third-order valence-electron chi connectivity index (χ3n) is 5.00. The molecule has 2 aliphatic rings. The maximum Gasteiger partial charge on any atom is 0.119 e. The number of hydrogen-bond acceptors (Lipinski definition) is 2. The number of hydrogen-bond donors (Lipinski definition) is 0. The first-order valence-corrected chi connectivity index (χ1v) is 7.68. The smallest absolute Gasteiger partial charge is 0.119 e. The van der Waals surface area contributed by atoms with Crippen molar-refractivity contribution in [1.82, 2.24) is 4.90 Å². The Bertz CT molecular complexity index is 655. The molecular weight excluding hydrogens is 326 g/mol. The summed E-state index contributed by atoms with van der Waals surface area (Å²) in [6.45, 7) is 2.40. The first-order valence-electron chi connectivity index (χ1n) is 7.68. The van der Waals surface area contributed by atoms with Crippen LogP contribution in [0.4, 0.5) is 0 Å². The molecular formula is C18H22BrNO. The largest absolute Gasteiger partial charge is 0.497 e. The van der Waals surface area contributed by atoms with Gasteiger partial charge in [0, 0.05) is 12.6 Å². The van der Waals surface area contributed by atoms with Gasteiger partial charge in [0.1, 0.15) is 5.75 Å². The summed E-state index contributed by atoms with van der Waals surface area (Å²) in [5, 5.41) is 2.71. The van der Waals surface area contributed by atoms with E-state index in [-0.39, 0.29) is 17.0 Å². The van der Waals surface area contributed by atoms with Crippen LogP contribution >= 0.6 is 17.0 Å². The van der Waals surface area contributed by atoms with Crippen LogP contribution in [0.15, 0.2) is 30.3 Å². The van der Waals surface area contributed by atoms with Crippen LogP contribution in [0.2, 0.25) is 0 Å². The summed E-state index contributed by atoms with van der Waals surface area (Å²) >= 11 is 0. The summed E-state index contributed by atoms with van der Waals surface area (Å²) in [4.78, 5) is 2.69. The van der Waals surface area contributed by atoms with E-state index in [2.05, 4.69) is 35.2 Å². The van der Waals surface area contributed by atoms with Gasteiger partial charge in [0.05, 0.1) is 7.11 Å². The lowest BCUT2D eigenvalue weighted by Gasteiger charge is -2.40. The Balaban J connectivity index is 0.00000132. The molecule has 2 aliphatic heterocycles. The van der Waals surface area contributed by atoms with E-state index in [1.165, 1.54) is 43.0 Å². The molecule has 4 rings (SSSR count). The molecule has 112 valence electrons. The van der Waals surface area contributed by atoms with Crippen LogP contribution in [0.3, 0.4) is 0 Å². The van der Waals surface area contributed by atoms with Gasteiger partial charge in [-0.3, -0.25) is 4.90 Å². The average molecular weight is 348 g/mol. The molecule has 0 spiro atoms. The molecule has 0 aromatic heterocycles. The van der Waals surface area contributed by atoms with Crippen LogP contribution in [0.25, 0.3) is 10.8 Å². The zero-order chi connectivity index (χ0) is 13.5. The highest BCUT2D eigenvalue weighted by atomic mass is 79.9.